The molecule has 1 aliphatic rings. The Bertz CT molecular complexity index is 538. The van der Waals surface area contributed by atoms with Gasteiger partial charge in [0.1, 0.15) is 6.61 Å². The molecule has 26 heavy (non-hydrogen) atoms. The summed E-state index contributed by atoms with van der Waals surface area (Å²) in [6.07, 6.45) is -0.357. The highest BCUT2D eigenvalue weighted by Crippen LogP contribution is 2.14. The molecule has 0 bridgehead atoms. The number of hydrogen-bond donors (Lipinski definition) is 1. The number of nitrogens with zero attached hydrogens (tertiary/aromatic N) is 5. The lowest BCUT2D eigenvalue weighted by Crippen LogP contribution is -2.53. The van der Waals surface area contributed by atoms with Crippen LogP contribution in [0, 0.1) is 0 Å². The second-order valence-electron chi connectivity index (χ2n) is 5.52. The summed E-state index contributed by atoms with van der Waals surface area (Å²) in [5.74, 6) is 1.45. The van der Waals surface area contributed by atoms with Crippen LogP contribution in [-0.4, -0.2) is 80.0 Å². The molecule has 0 aliphatic carbocycles. The van der Waals surface area contributed by atoms with Crippen molar-refractivity contribution in [2.45, 2.75) is 12.6 Å². The quantitative estimate of drug-likeness (QED) is 0.285. The van der Waals surface area contributed by atoms with E-state index in [1.165, 1.54) is 0 Å². The number of piperazine rings is 1. The summed E-state index contributed by atoms with van der Waals surface area (Å²) in [4.78, 5) is 16.9. The molecule has 148 valence electrons. The second-order valence-corrected chi connectivity index (χ2v) is 5.52. The van der Waals surface area contributed by atoms with Crippen molar-refractivity contribution in [1.82, 2.24) is 20.2 Å². The van der Waals surface area contributed by atoms with Gasteiger partial charge in [-0.25, -0.2) is 9.97 Å². The maximum Gasteiger partial charge on any atom is 0.411 e. The standard InChI is InChI=1S/C15H23F3N6O.HI/c1-19-13(20-6-3-11-25-12-15(16,17)18)23-7-9-24(10-8-23)14-21-4-2-5-22-14;/h2,4-5H,3,6-12H2,1H3,(H,19,20);1H. The average molecular weight is 488 g/mol. The maximum atomic E-state index is 12.0. The summed E-state index contributed by atoms with van der Waals surface area (Å²) < 4.78 is 40.5. The minimum atomic E-state index is -4.27. The number of anilines is 1. The van der Waals surface area contributed by atoms with Crippen LogP contribution in [-0.2, 0) is 4.74 Å². The maximum absolute atomic E-state index is 12.0. The summed E-state index contributed by atoms with van der Waals surface area (Å²) >= 11 is 0. The van der Waals surface area contributed by atoms with Crippen LogP contribution in [0.15, 0.2) is 23.5 Å². The van der Waals surface area contributed by atoms with E-state index in [4.69, 9.17) is 0 Å². The first kappa shape index (κ1) is 22.7. The molecule has 1 aliphatic heterocycles. The van der Waals surface area contributed by atoms with Crippen molar-refractivity contribution in [2.75, 3.05) is 57.9 Å². The van der Waals surface area contributed by atoms with E-state index in [0.717, 1.165) is 32.1 Å². The van der Waals surface area contributed by atoms with Crippen molar-refractivity contribution < 1.29 is 17.9 Å². The van der Waals surface area contributed by atoms with Gasteiger partial charge in [0.25, 0.3) is 0 Å². The number of hydrogen-bond acceptors (Lipinski definition) is 5. The van der Waals surface area contributed by atoms with E-state index in [9.17, 15) is 13.2 Å². The molecule has 1 aromatic heterocycles. The van der Waals surface area contributed by atoms with Gasteiger partial charge in [0, 0.05) is 58.8 Å². The van der Waals surface area contributed by atoms with Crippen molar-refractivity contribution in [3.05, 3.63) is 18.5 Å². The third kappa shape index (κ3) is 7.89. The van der Waals surface area contributed by atoms with Crippen LogP contribution < -0.4 is 10.2 Å². The molecule has 1 N–H and O–H groups in total. The summed E-state index contributed by atoms with van der Waals surface area (Å²) in [5.41, 5.74) is 0. The van der Waals surface area contributed by atoms with Gasteiger partial charge in [-0.1, -0.05) is 0 Å². The van der Waals surface area contributed by atoms with E-state index in [1.54, 1.807) is 25.5 Å². The van der Waals surface area contributed by atoms with Gasteiger partial charge >= 0.3 is 6.18 Å². The number of guanidine groups is 1. The summed E-state index contributed by atoms with van der Waals surface area (Å²) in [6, 6.07) is 1.78. The molecule has 0 aromatic carbocycles. The van der Waals surface area contributed by atoms with Crippen LogP contribution in [0.4, 0.5) is 19.1 Å². The van der Waals surface area contributed by atoms with Crippen molar-refractivity contribution in [2.24, 2.45) is 4.99 Å². The highest BCUT2D eigenvalue weighted by Gasteiger charge is 2.27. The largest absolute Gasteiger partial charge is 0.411 e. The number of aliphatic imine (C=N–C) groups is 1. The Morgan fingerprint density at radius 1 is 1.23 bits per heavy atom. The Morgan fingerprint density at radius 3 is 2.46 bits per heavy atom. The molecule has 0 unspecified atom stereocenters. The Kier molecular flexibility index (Phi) is 9.91. The van der Waals surface area contributed by atoms with Crippen LogP contribution in [0.1, 0.15) is 6.42 Å². The van der Waals surface area contributed by atoms with E-state index in [1.807, 2.05) is 0 Å². The molecule has 1 fully saturated rings. The zero-order chi connectivity index (χ0) is 18.1. The number of alkyl halides is 3. The van der Waals surface area contributed by atoms with Gasteiger partial charge in [0.05, 0.1) is 0 Å². The minimum Gasteiger partial charge on any atom is -0.372 e. The molecule has 11 heteroatoms. The molecule has 0 spiro atoms. The molecule has 0 atom stereocenters. The normalized spacial score (nSPS) is 15.6. The Morgan fingerprint density at radius 2 is 1.88 bits per heavy atom. The van der Waals surface area contributed by atoms with Crippen molar-refractivity contribution >= 4 is 35.9 Å². The monoisotopic (exact) mass is 488 g/mol. The highest BCUT2D eigenvalue weighted by molar-refractivity contribution is 14.0. The van der Waals surface area contributed by atoms with Gasteiger partial charge in [-0.15, -0.1) is 24.0 Å². The Balaban J connectivity index is 0.00000338. The van der Waals surface area contributed by atoms with E-state index in [0.29, 0.717) is 18.9 Å². The highest BCUT2D eigenvalue weighted by atomic mass is 127. The fourth-order valence-corrected chi connectivity index (χ4v) is 2.47. The molecule has 2 heterocycles. The first-order chi connectivity index (χ1) is 12.0. The number of rotatable bonds is 6. The van der Waals surface area contributed by atoms with Crippen molar-refractivity contribution in [1.29, 1.82) is 0 Å². The first-order valence-electron chi connectivity index (χ1n) is 8.11. The Labute approximate surface area is 168 Å². The lowest BCUT2D eigenvalue weighted by molar-refractivity contribution is -0.173. The second kappa shape index (κ2) is 11.4. The molecular weight excluding hydrogens is 464 g/mol. The van der Waals surface area contributed by atoms with Gasteiger partial charge in [-0.3, -0.25) is 4.99 Å². The zero-order valence-corrected chi connectivity index (χ0v) is 16.9. The van der Waals surface area contributed by atoms with Crippen LogP contribution >= 0.6 is 24.0 Å². The van der Waals surface area contributed by atoms with Crippen molar-refractivity contribution in [3.8, 4) is 0 Å². The number of ether oxygens (including phenoxy) is 1. The fraction of sp³-hybridized carbons (Fsp3) is 0.667. The topological polar surface area (TPSA) is 65.9 Å². The fourth-order valence-electron chi connectivity index (χ4n) is 2.47. The van der Waals surface area contributed by atoms with Crippen LogP contribution in [0.2, 0.25) is 0 Å². The number of halogens is 4. The molecule has 7 nitrogen and oxygen atoms in total. The average Bonchev–Trinajstić information content (AvgIpc) is 2.61. The van der Waals surface area contributed by atoms with Gasteiger partial charge in [0.2, 0.25) is 5.95 Å². The predicted octanol–water partition coefficient (Wildman–Crippen LogP) is 1.76. The van der Waals surface area contributed by atoms with E-state index >= 15 is 0 Å². The number of aromatic nitrogens is 2. The number of nitrogens with one attached hydrogen (secondary N) is 1. The lowest BCUT2D eigenvalue weighted by Gasteiger charge is -2.36. The van der Waals surface area contributed by atoms with Crippen molar-refractivity contribution in [3.63, 3.8) is 0 Å². The zero-order valence-electron chi connectivity index (χ0n) is 14.6. The van der Waals surface area contributed by atoms with Gasteiger partial charge in [-0.2, -0.15) is 13.2 Å². The van der Waals surface area contributed by atoms with E-state index < -0.39 is 12.8 Å². The SMILES string of the molecule is CN=C(NCCCOCC(F)(F)F)N1CCN(c2ncccn2)CC1.I. The Hall–Kier alpha value is -1.37. The smallest absolute Gasteiger partial charge is 0.372 e. The van der Waals surface area contributed by atoms with Crippen LogP contribution in [0.25, 0.3) is 0 Å². The molecule has 2 rings (SSSR count). The summed E-state index contributed by atoms with van der Waals surface area (Å²) in [6.45, 7) is 2.45. The van der Waals surface area contributed by atoms with E-state index in [-0.39, 0.29) is 30.6 Å². The van der Waals surface area contributed by atoms with Gasteiger partial charge in [0.15, 0.2) is 5.96 Å². The van der Waals surface area contributed by atoms with Crippen LogP contribution in [0.3, 0.4) is 0 Å². The molecule has 1 saturated heterocycles. The lowest BCUT2D eigenvalue weighted by atomic mass is 10.3. The third-order valence-electron chi connectivity index (χ3n) is 3.64. The molecule has 0 amide bonds. The van der Waals surface area contributed by atoms with Gasteiger partial charge < -0.3 is 19.9 Å². The predicted molar refractivity (Wildman–Crippen MR) is 104 cm³/mol. The van der Waals surface area contributed by atoms with Gasteiger partial charge in [-0.05, 0) is 12.5 Å². The summed E-state index contributed by atoms with van der Waals surface area (Å²) in [5, 5.41) is 3.16. The molecular formula is C15H24F3IN6O. The molecule has 0 radical (unpaired) electrons. The van der Waals surface area contributed by atoms with Crippen LogP contribution in [0.5, 0.6) is 0 Å². The summed E-state index contributed by atoms with van der Waals surface area (Å²) in [7, 11) is 1.69. The molecule has 0 saturated carbocycles. The van der Waals surface area contributed by atoms with E-state index in [2.05, 4.69) is 34.8 Å². The third-order valence-corrected chi connectivity index (χ3v) is 3.64. The molecule has 1 aromatic rings. The minimum absolute atomic E-state index is 0. The first-order valence-corrected chi connectivity index (χ1v) is 8.11.